The van der Waals surface area contributed by atoms with E-state index in [1.54, 1.807) is 30.3 Å². The van der Waals surface area contributed by atoms with Gasteiger partial charge >= 0.3 is 17.4 Å². The predicted octanol–water partition coefficient (Wildman–Crippen LogP) is 4.72. The van der Waals surface area contributed by atoms with E-state index in [4.69, 9.17) is 9.47 Å². The lowest BCUT2D eigenvalue weighted by Crippen LogP contribution is -2.15. The third-order valence-electron chi connectivity index (χ3n) is 4.02. The molecule has 3 rings (SSSR count). The first kappa shape index (κ1) is 21.4. The van der Waals surface area contributed by atoms with Crippen LogP contribution >= 0.6 is 11.8 Å². The molecular weight excluding hydrogens is 421 g/mol. The molecule has 30 heavy (non-hydrogen) atoms. The van der Waals surface area contributed by atoms with E-state index >= 15 is 0 Å². The van der Waals surface area contributed by atoms with Crippen molar-refractivity contribution >= 4 is 23.7 Å². The lowest BCUT2D eigenvalue weighted by atomic mass is 10.1. The van der Waals surface area contributed by atoms with Gasteiger partial charge in [-0.15, -0.1) is 0 Å². The van der Waals surface area contributed by atoms with Gasteiger partial charge in [-0.1, -0.05) is 36.4 Å². The van der Waals surface area contributed by atoms with Crippen LogP contribution in [0.15, 0.2) is 59.5 Å². The second-order valence-electron chi connectivity index (χ2n) is 5.85. The van der Waals surface area contributed by atoms with E-state index in [1.165, 1.54) is 24.3 Å². The quantitative estimate of drug-likeness (QED) is 0.426. The molecule has 0 radical (unpaired) electrons. The molecule has 10 heteroatoms. The number of esters is 2. The molecule has 0 spiro atoms. The molecule has 2 aromatic carbocycles. The third kappa shape index (κ3) is 4.33. The molecule has 0 saturated carbocycles. The van der Waals surface area contributed by atoms with Crippen molar-refractivity contribution in [2.75, 3.05) is 14.2 Å². The maximum Gasteiger partial charge on any atom is 0.446 e. The molecule has 0 amide bonds. The summed E-state index contributed by atoms with van der Waals surface area (Å²) in [7, 11) is 2.22. The zero-order valence-electron chi connectivity index (χ0n) is 15.8. The van der Waals surface area contributed by atoms with Crippen LogP contribution < -0.4 is 0 Å². The standard InChI is InChI=1S/C20H15F3N2O4S/c1-28-18(26)15-16(13-10-6-7-11-14(13)30-20(21,22)23)24-25(17(15)19(27)29-2)12-8-4-3-5-9-12/h3-11H,1-2H3. The molecule has 1 aromatic heterocycles. The number of hydrogen-bond acceptors (Lipinski definition) is 6. The SMILES string of the molecule is COC(=O)c1c(-c2ccccc2SC(F)(F)F)nn(-c2ccccc2)c1C(=O)OC. The smallest absolute Gasteiger partial charge is 0.446 e. The number of ether oxygens (including phenoxy) is 2. The highest BCUT2D eigenvalue weighted by molar-refractivity contribution is 8.00. The van der Waals surface area contributed by atoms with Gasteiger partial charge in [0.25, 0.3) is 0 Å². The Bertz CT molecular complexity index is 1080. The van der Waals surface area contributed by atoms with E-state index in [0.29, 0.717) is 5.69 Å². The summed E-state index contributed by atoms with van der Waals surface area (Å²) in [6.45, 7) is 0. The molecule has 0 unspecified atom stereocenters. The summed E-state index contributed by atoms with van der Waals surface area (Å²) in [4.78, 5) is 24.9. The largest absolute Gasteiger partial charge is 0.465 e. The van der Waals surface area contributed by atoms with Gasteiger partial charge < -0.3 is 9.47 Å². The number of thioether (sulfide) groups is 1. The number of hydrogen-bond donors (Lipinski definition) is 0. The number of nitrogens with zero attached hydrogens (tertiary/aromatic N) is 2. The van der Waals surface area contributed by atoms with Crippen LogP contribution in [0.4, 0.5) is 13.2 Å². The Morgan fingerprint density at radius 1 is 0.933 bits per heavy atom. The number of carbonyl (C=O) groups excluding carboxylic acids is 2. The van der Waals surface area contributed by atoms with Gasteiger partial charge in [0.2, 0.25) is 0 Å². The van der Waals surface area contributed by atoms with E-state index in [1.807, 2.05) is 0 Å². The Morgan fingerprint density at radius 2 is 1.53 bits per heavy atom. The van der Waals surface area contributed by atoms with Crippen molar-refractivity contribution in [1.29, 1.82) is 0 Å². The number of para-hydroxylation sites is 1. The first-order valence-electron chi connectivity index (χ1n) is 8.47. The van der Waals surface area contributed by atoms with Gasteiger partial charge in [0.1, 0.15) is 11.3 Å². The van der Waals surface area contributed by atoms with Gasteiger partial charge in [-0.05, 0) is 30.0 Å². The summed E-state index contributed by atoms with van der Waals surface area (Å²) in [5.74, 6) is -1.82. The Morgan fingerprint density at radius 3 is 2.13 bits per heavy atom. The van der Waals surface area contributed by atoms with Gasteiger partial charge in [-0.3, -0.25) is 0 Å². The van der Waals surface area contributed by atoms with Crippen molar-refractivity contribution in [3.05, 3.63) is 65.9 Å². The molecule has 0 N–H and O–H groups in total. The lowest BCUT2D eigenvalue weighted by molar-refractivity contribution is -0.0328. The maximum absolute atomic E-state index is 13.1. The first-order chi connectivity index (χ1) is 14.3. The average Bonchev–Trinajstić information content (AvgIpc) is 3.13. The van der Waals surface area contributed by atoms with Crippen LogP contribution in [0, 0.1) is 0 Å². The number of alkyl halides is 3. The fourth-order valence-corrected chi connectivity index (χ4v) is 3.49. The predicted molar refractivity (Wildman–Crippen MR) is 104 cm³/mol. The van der Waals surface area contributed by atoms with Crippen molar-refractivity contribution in [3.8, 4) is 16.9 Å². The number of methoxy groups -OCH3 is 2. The van der Waals surface area contributed by atoms with E-state index in [2.05, 4.69) is 5.10 Å². The number of benzene rings is 2. The minimum absolute atomic E-state index is 0.0278. The van der Waals surface area contributed by atoms with Crippen LogP contribution in [0.3, 0.4) is 0 Å². The lowest BCUT2D eigenvalue weighted by Gasteiger charge is -2.10. The Balaban J connectivity index is 2.35. The topological polar surface area (TPSA) is 70.4 Å². The van der Waals surface area contributed by atoms with Crippen molar-refractivity contribution in [2.24, 2.45) is 0 Å². The fraction of sp³-hybridized carbons (Fsp3) is 0.150. The normalized spacial score (nSPS) is 11.2. The summed E-state index contributed by atoms with van der Waals surface area (Å²) in [5, 5.41) is 4.31. The molecule has 0 fully saturated rings. The number of halogens is 3. The molecule has 0 saturated heterocycles. The van der Waals surface area contributed by atoms with Crippen LogP contribution in [0.25, 0.3) is 16.9 Å². The minimum atomic E-state index is -4.56. The molecule has 1 heterocycles. The van der Waals surface area contributed by atoms with Crippen LogP contribution in [0.1, 0.15) is 20.8 Å². The zero-order chi connectivity index (χ0) is 21.9. The van der Waals surface area contributed by atoms with Crippen LogP contribution in [-0.2, 0) is 9.47 Å². The van der Waals surface area contributed by atoms with Gasteiger partial charge in [-0.2, -0.15) is 18.3 Å². The molecule has 0 aliphatic carbocycles. The van der Waals surface area contributed by atoms with Crippen LogP contribution in [-0.4, -0.2) is 41.4 Å². The Hall–Kier alpha value is -3.27. The maximum atomic E-state index is 13.1. The van der Waals surface area contributed by atoms with Crippen LogP contribution in [0.2, 0.25) is 0 Å². The number of carbonyl (C=O) groups is 2. The number of aromatic nitrogens is 2. The molecule has 6 nitrogen and oxygen atoms in total. The molecule has 0 atom stereocenters. The second kappa shape index (κ2) is 8.62. The highest BCUT2D eigenvalue weighted by atomic mass is 32.2. The summed E-state index contributed by atoms with van der Waals surface area (Å²) in [6, 6.07) is 13.9. The van der Waals surface area contributed by atoms with Crippen LogP contribution in [0.5, 0.6) is 0 Å². The molecule has 0 aliphatic heterocycles. The van der Waals surface area contributed by atoms with Gasteiger partial charge in [0.05, 0.1) is 19.9 Å². The van der Waals surface area contributed by atoms with Gasteiger partial charge in [0.15, 0.2) is 5.69 Å². The molecular formula is C20H15F3N2O4S. The average molecular weight is 436 g/mol. The third-order valence-corrected chi connectivity index (χ3v) is 4.83. The first-order valence-corrected chi connectivity index (χ1v) is 9.28. The molecule has 0 aliphatic rings. The summed E-state index contributed by atoms with van der Waals surface area (Å²) in [5.41, 5.74) is -4.79. The van der Waals surface area contributed by atoms with Gasteiger partial charge in [0, 0.05) is 10.5 Å². The Labute approximate surface area is 173 Å². The van der Waals surface area contributed by atoms with Crippen molar-refractivity contribution in [2.45, 2.75) is 10.4 Å². The zero-order valence-corrected chi connectivity index (χ0v) is 16.6. The summed E-state index contributed by atoms with van der Waals surface area (Å²) < 4.78 is 49.9. The minimum Gasteiger partial charge on any atom is -0.465 e. The van der Waals surface area contributed by atoms with Crippen molar-refractivity contribution in [3.63, 3.8) is 0 Å². The van der Waals surface area contributed by atoms with E-state index in [9.17, 15) is 22.8 Å². The number of rotatable bonds is 5. The summed E-state index contributed by atoms with van der Waals surface area (Å²) >= 11 is -0.342. The Kier molecular flexibility index (Phi) is 6.16. The van der Waals surface area contributed by atoms with E-state index in [0.717, 1.165) is 18.9 Å². The summed E-state index contributed by atoms with van der Waals surface area (Å²) in [6.07, 6.45) is 0. The fourth-order valence-electron chi connectivity index (χ4n) is 2.82. The second-order valence-corrected chi connectivity index (χ2v) is 6.95. The van der Waals surface area contributed by atoms with E-state index in [-0.39, 0.29) is 39.2 Å². The van der Waals surface area contributed by atoms with Crippen molar-refractivity contribution in [1.82, 2.24) is 9.78 Å². The van der Waals surface area contributed by atoms with E-state index < -0.39 is 17.4 Å². The highest BCUT2D eigenvalue weighted by Crippen LogP contribution is 2.42. The van der Waals surface area contributed by atoms with Crippen molar-refractivity contribution < 1.29 is 32.2 Å². The molecule has 3 aromatic rings. The molecule has 0 bridgehead atoms. The van der Waals surface area contributed by atoms with Gasteiger partial charge in [-0.25, -0.2) is 14.3 Å². The highest BCUT2D eigenvalue weighted by Gasteiger charge is 2.35. The monoisotopic (exact) mass is 436 g/mol. The molecule has 156 valence electrons.